The SMILES string of the molecule is OC(c1cnccn1)c1cnccc1C(F)(F)F. The van der Waals surface area contributed by atoms with Crippen molar-refractivity contribution in [3.63, 3.8) is 0 Å². The molecule has 0 radical (unpaired) electrons. The van der Waals surface area contributed by atoms with Gasteiger partial charge in [-0.3, -0.25) is 15.0 Å². The molecule has 0 saturated carbocycles. The van der Waals surface area contributed by atoms with E-state index in [1.165, 1.54) is 18.6 Å². The fourth-order valence-corrected chi connectivity index (χ4v) is 1.49. The molecule has 7 heteroatoms. The Hall–Kier alpha value is -2.02. The Morgan fingerprint density at radius 1 is 1.06 bits per heavy atom. The summed E-state index contributed by atoms with van der Waals surface area (Å²) in [5.41, 5.74) is -1.24. The zero-order valence-electron chi connectivity index (χ0n) is 8.96. The minimum Gasteiger partial charge on any atom is -0.382 e. The van der Waals surface area contributed by atoms with Crippen LogP contribution in [0.1, 0.15) is 22.9 Å². The van der Waals surface area contributed by atoms with Gasteiger partial charge in [-0.2, -0.15) is 13.2 Å². The summed E-state index contributed by atoms with van der Waals surface area (Å²) in [7, 11) is 0. The van der Waals surface area contributed by atoms with Crippen LogP contribution in [0.2, 0.25) is 0 Å². The van der Waals surface area contributed by atoms with Gasteiger partial charge in [-0.05, 0) is 6.07 Å². The Kier molecular flexibility index (Phi) is 3.24. The van der Waals surface area contributed by atoms with Gasteiger partial charge in [0.2, 0.25) is 0 Å². The van der Waals surface area contributed by atoms with Crippen molar-refractivity contribution in [3.8, 4) is 0 Å². The zero-order valence-corrected chi connectivity index (χ0v) is 8.96. The molecule has 2 aromatic heterocycles. The van der Waals surface area contributed by atoms with Crippen molar-refractivity contribution in [1.29, 1.82) is 0 Å². The number of aliphatic hydroxyl groups excluding tert-OH is 1. The lowest BCUT2D eigenvalue weighted by atomic mass is 10.0. The lowest BCUT2D eigenvalue weighted by Gasteiger charge is -2.16. The summed E-state index contributed by atoms with van der Waals surface area (Å²) in [4.78, 5) is 11.1. The van der Waals surface area contributed by atoms with Gasteiger partial charge in [0, 0.05) is 30.4 Å². The van der Waals surface area contributed by atoms with Crippen LogP contribution < -0.4 is 0 Å². The highest BCUT2D eigenvalue weighted by Gasteiger charge is 2.35. The number of nitrogens with zero attached hydrogens (tertiary/aromatic N) is 3. The first-order chi connectivity index (χ1) is 8.50. The van der Waals surface area contributed by atoms with Gasteiger partial charge in [0.1, 0.15) is 6.10 Å². The van der Waals surface area contributed by atoms with Gasteiger partial charge < -0.3 is 5.11 Å². The average molecular weight is 255 g/mol. The molecule has 0 aliphatic rings. The molecule has 18 heavy (non-hydrogen) atoms. The van der Waals surface area contributed by atoms with Crippen molar-refractivity contribution in [3.05, 3.63) is 53.9 Å². The molecule has 2 rings (SSSR count). The topological polar surface area (TPSA) is 58.9 Å². The number of aliphatic hydroxyl groups is 1. The van der Waals surface area contributed by atoms with Gasteiger partial charge in [0.15, 0.2) is 0 Å². The summed E-state index contributed by atoms with van der Waals surface area (Å²) in [5, 5.41) is 9.89. The Morgan fingerprint density at radius 3 is 2.39 bits per heavy atom. The second-order valence-electron chi connectivity index (χ2n) is 3.49. The normalized spacial score (nSPS) is 13.3. The maximum absolute atomic E-state index is 12.7. The van der Waals surface area contributed by atoms with Crippen molar-refractivity contribution in [2.24, 2.45) is 0 Å². The van der Waals surface area contributed by atoms with Crippen LogP contribution in [0.25, 0.3) is 0 Å². The lowest BCUT2D eigenvalue weighted by Crippen LogP contribution is -2.14. The third-order valence-corrected chi connectivity index (χ3v) is 2.32. The lowest BCUT2D eigenvalue weighted by molar-refractivity contribution is -0.139. The fraction of sp³-hybridized carbons (Fsp3) is 0.182. The molecule has 1 N–H and O–H groups in total. The first-order valence-electron chi connectivity index (χ1n) is 4.95. The predicted octanol–water partition coefficient (Wildman–Crippen LogP) is 1.97. The van der Waals surface area contributed by atoms with Crippen molar-refractivity contribution >= 4 is 0 Å². The van der Waals surface area contributed by atoms with Crippen LogP contribution in [0, 0.1) is 0 Å². The maximum atomic E-state index is 12.7. The van der Waals surface area contributed by atoms with Crippen molar-refractivity contribution in [1.82, 2.24) is 15.0 Å². The van der Waals surface area contributed by atoms with Gasteiger partial charge >= 0.3 is 6.18 Å². The number of rotatable bonds is 2. The molecule has 4 nitrogen and oxygen atoms in total. The first kappa shape index (κ1) is 12.4. The molecule has 2 heterocycles. The summed E-state index contributed by atoms with van der Waals surface area (Å²) >= 11 is 0. The largest absolute Gasteiger partial charge is 0.416 e. The van der Waals surface area contributed by atoms with E-state index in [0.717, 1.165) is 18.5 Å². The minimum absolute atomic E-state index is 0.0380. The number of hydrogen-bond acceptors (Lipinski definition) is 4. The molecular formula is C11H8F3N3O. The van der Waals surface area contributed by atoms with Crippen LogP contribution >= 0.6 is 0 Å². The molecule has 0 bridgehead atoms. The van der Waals surface area contributed by atoms with E-state index in [9.17, 15) is 18.3 Å². The molecule has 0 fully saturated rings. The van der Waals surface area contributed by atoms with Gasteiger partial charge in [-0.15, -0.1) is 0 Å². The van der Waals surface area contributed by atoms with Crippen molar-refractivity contribution in [2.75, 3.05) is 0 Å². The summed E-state index contributed by atoms with van der Waals surface area (Å²) in [5.74, 6) is 0. The predicted molar refractivity (Wildman–Crippen MR) is 55.3 cm³/mol. The third kappa shape index (κ3) is 2.45. The number of alkyl halides is 3. The molecule has 0 aliphatic heterocycles. The summed E-state index contributed by atoms with van der Waals surface area (Å²) in [6.45, 7) is 0. The fourth-order valence-electron chi connectivity index (χ4n) is 1.49. The van der Waals surface area contributed by atoms with E-state index in [0.29, 0.717) is 0 Å². The second kappa shape index (κ2) is 4.69. The number of hydrogen-bond donors (Lipinski definition) is 1. The van der Waals surface area contributed by atoms with Gasteiger partial charge in [-0.25, -0.2) is 0 Å². The van der Waals surface area contributed by atoms with E-state index >= 15 is 0 Å². The molecule has 0 aliphatic carbocycles. The number of pyridine rings is 1. The van der Waals surface area contributed by atoms with Crippen LogP contribution in [0.3, 0.4) is 0 Å². The molecule has 0 saturated heterocycles. The van der Waals surface area contributed by atoms with Crippen molar-refractivity contribution in [2.45, 2.75) is 12.3 Å². The number of halogens is 3. The van der Waals surface area contributed by atoms with E-state index in [4.69, 9.17) is 0 Å². The highest BCUT2D eigenvalue weighted by atomic mass is 19.4. The van der Waals surface area contributed by atoms with E-state index in [-0.39, 0.29) is 11.3 Å². The summed E-state index contributed by atoms with van der Waals surface area (Å²) in [6, 6.07) is 0.814. The first-order valence-corrected chi connectivity index (χ1v) is 4.95. The summed E-state index contributed by atoms with van der Waals surface area (Å²) < 4.78 is 38.2. The van der Waals surface area contributed by atoms with Gasteiger partial charge in [0.05, 0.1) is 17.5 Å². The van der Waals surface area contributed by atoms with Crippen LogP contribution in [0.4, 0.5) is 13.2 Å². The third-order valence-electron chi connectivity index (χ3n) is 2.32. The zero-order chi connectivity index (χ0) is 13.2. The van der Waals surface area contributed by atoms with Crippen LogP contribution in [-0.2, 0) is 6.18 Å². The Bertz CT molecular complexity index is 531. The van der Waals surface area contributed by atoms with Crippen LogP contribution in [0.15, 0.2) is 37.1 Å². The van der Waals surface area contributed by atoms with E-state index < -0.39 is 17.8 Å². The molecule has 0 aromatic carbocycles. The molecule has 1 atom stereocenters. The maximum Gasteiger partial charge on any atom is 0.416 e. The van der Waals surface area contributed by atoms with E-state index in [2.05, 4.69) is 15.0 Å². The Morgan fingerprint density at radius 2 is 1.78 bits per heavy atom. The minimum atomic E-state index is -4.55. The molecule has 1 unspecified atom stereocenters. The summed E-state index contributed by atoms with van der Waals surface area (Å²) in [6.07, 6.45) is -0.201. The van der Waals surface area contributed by atoms with Crippen LogP contribution in [-0.4, -0.2) is 20.1 Å². The highest BCUT2D eigenvalue weighted by molar-refractivity contribution is 5.32. The Labute approximate surface area is 100 Å². The van der Waals surface area contributed by atoms with Gasteiger partial charge in [0.25, 0.3) is 0 Å². The monoisotopic (exact) mass is 255 g/mol. The quantitative estimate of drug-likeness (QED) is 0.891. The van der Waals surface area contributed by atoms with Crippen molar-refractivity contribution < 1.29 is 18.3 Å². The second-order valence-corrected chi connectivity index (χ2v) is 3.49. The number of aromatic nitrogens is 3. The van der Waals surface area contributed by atoms with E-state index in [1.807, 2.05) is 0 Å². The molecule has 2 aromatic rings. The smallest absolute Gasteiger partial charge is 0.382 e. The highest BCUT2D eigenvalue weighted by Crippen LogP contribution is 2.35. The Balaban J connectivity index is 2.46. The molecule has 94 valence electrons. The molecular weight excluding hydrogens is 247 g/mol. The van der Waals surface area contributed by atoms with E-state index in [1.54, 1.807) is 0 Å². The standard InChI is InChI=1S/C11H8F3N3O/c12-11(13,14)8-1-2-15-5-7(8)10(18)9-6-16-3-4-17-9/h1-6,10,18H. The molecule has 0 spiro atoms. The van der Waals surface area contributed by atoms with Crippen LogP contribution in [0.5, 0.6) is 0 Å². The average Bonchev–Trinajstić information content (AvgIpc) is 2.38. The molecule has 0 amide bonds. The van der Waals surface area contributed by atoms with Gasteiger partial charge in [-0.1, -0.05) is 0 Å².